The minimum Gasteiger partial charge on any atom is -0.430 e. The third-order valence-electron chi connectivity index (χ3n) is 3.04. The summed E-state index contributed by atoms with van der Waals surface area (Å²) in [6.45, 7) is 0.441. The van der Waals surface area contributed by atoms with Gasteiger partial charge in [0.25, 0.3) is 5.69 Å². The van der Waals surface area contributed by atoms with Gasteiger partial charge in [-0.1, -0.05) is 13.8 Å². The molecule has 0 N–H and O–H groups in total. The van der Waals surface area contributed by atoms with E-state index in [2.05, 4.69) is 9.47 Å². The molecule has 0 saturated heterocycles. The van der Waals surface area contributed by atoms with Crippen molar-refractivity contribution < 1.29 is 36.8 Å². The summed E-state index contributed by atoms with van der Waals surface area (Å²) in [5, 5.41) is 10.4. The average Bonchev–Trinajstić information content (AvgIpc) is 2.43. The second kappa shape index (κ2) is 6.80. The molecule has 0 aliphatic carbocycles. The van der Waals surface area contributed by atoms with Crippen LogP contribution < -0.4 is 4.74 Å². The van der Waals surface area contributed by atoms with Gasteiger partial charge in [0.05, 0.1) is 4.92 Å². The molecule has 0 spiro atoms. The summed E-state index contributed by atoms with van der Waals surface area (Å²) in [6, 6.07) is 4.14. The van der Waals surface area contributed by atoms with Gasteiger partial charge >= 0.3 is 12.3 Å². The van der Waals surface area contributed by atoms with Crippen LogP contribution in [0.4, 0.5) is 28.0 Å². The van der Waals surface area contributed by atoms with Crippen LogP contribution in [0.5, 0.6) is 5.75 Å². The Morgan fingerprint density at radius 3 is 2.13 bits per heavy atom. The highest BCUT2D eigenvalue weighted by Crippen LogP contribution is 2.40. The number of benzene rings is 1. The molecule has 0 radical (unpaired) electrons. The molecular weight excluding hydrogens is 326 g/mol. The van der Waals surface area contributed by atoms with E-state index in [0.717, 1.165) is 38.1 Å². The highest BCUT2D eigenvalue weighted by Gasteiger charge is 2.59. The van der Waals surface area contributed by atoms with Crippen molar-refractivity contribution >= 4 is 11.8 Å². The third-order valence-corrected chi connectivity index (χ3v) is 3.04. The molecule has 1 atom stereocenters. The van der Waals surface area contributed by atoms with Crippen LogP contribution in [0.1, 0.15) is 13.8 Å². The number of hydrogen-bond donors (Lipinski definition) is 0. The van der Waals surface area contributed by atoms with Crippen molar-refractivity contribution in [2.75, 3.05) is 6.61 Å². The van der Waals surface area contributed by atoms with Gasteiger partial charge < -0.3 is 9.47 Å². The van der Waals surface area contributed by atoms with Crippen molar-refractivity contribution in [1.29, 1.82) is 0 Å². The van der Waals surface area contributed by atoms with Gasteiger partial charge in [-0.15, -0.1) is 0 Å². The molecule has 6 nitrogen and oxygen atoms in total. The van der Waals surface area contributed by atoms with Crippen LogP contribution in [0.15, 0.2) is 24.3 Å². The highest BCUT2D eigenvalue weighted by atomic mass is 19.4. The van der Waals surface area contributed by atoms with E-state index in [0.29, 0.717) is 0 Å². The van der Waals surface area contributed by atoms with Crippen molar-refractivity contribution in [2.45, 2.75) is 25.7 Å². The molecule has 1 aromatic carbocycles. The smallest absolute Gasteiger partial charge is 0.430 e. The third kappa shape index (κ3) is 4.54. The summed E-state index contributed by atoms with van der Waals surface area (Å²) in [4.78, 5) is 21.1. The van der Waals surface area contributed by atoms with Crippen LogP contribution in [-0.2, 0) is 4.74 Å². The lowest BCUT2D eigenvalue weighted by Crippen LogP contribution is -2.50. The number of nitro groups is 1. The van der Waals surface area contributed by atoms with Gasteiger partial charge in [-0.25, -0.2) is 9.18 Å². The highest BCUT2D eigenvalue weighted by molar-refractivity contribution is 5.64. The zero-order valence-electron chi connectivity index (χ0n) is 12.1. The summed E-state index contributed by atoms with van der Waals surface area (Å²) in [5.74, 6) is -1.67. The van der Waals surface area contributed by atoms with Gasteiger partial charge in [-0.05, 0) is 18.1 Å². The minimum atomic E-state index is -5.21. The van der Waals surface area contributed by atoms with Crippen LogP contribution in [0.2, 0.25) is 0 Å². The van der Waals surface area contributed by atoms with Crippen LogP contribution in [0.25, 0.3) is 0 Å². The Hall–Kier alpha value is -2.39. The van der Waals surface area contributed by atoms with Gasteiger partial charge in [0.2, 0.25) is 5.67 Å². The second-order valence-corrected chi connectivity index (χ2v) is 4.91. The fraction of sp³-hybridized carbons (Fsp3) is 0.462. The molecule has 1 aromatic rings. The number of halogens is 4. The van der Waals surface area contributed by atoms with Crippen LogP contribution >= 0.6 is 0 Å². The number of carbonyl (C=O) groups excluding carboxylic acids is 1. The van der Waals surface area contributed by atoms with E-state index in [1.165, 1.54) is 0 Å². The maximum atomic E-state index is 13.9. The number of hydrogen-bond acceptors (Lipinski definition) is 5. The largest absolute Gasteiger partial charge is 0.513 e. The molecule has 1 unspecified atom stereocenters. The van der Waals surface area contributed by atoms with Crippen molar-refractivity contribution in [3.63, 3.8) is 0 Å². The zero-order valence-corrected chi connectivity index (χ0v) is 12.1. The summed E-state index contributed by atoms with van der Waals surface area (Å²) in [5.41, 5.74) is -3.98. The van der Waals surface area contributed by atoms with Crippen LogP contribution in [0.3, 0.4) is 0 Å². The Bertz CT molecular complexity index is 573. The van der Waals surface area contributed by atoms with Crippen molar-refractivity contribution in [3.05, 3.63) is 34.4 Å². The lowest BCUT2D eigenvalue weighted by molar-refractivity contribution is -0.384. The molecule has 0 amide bonds. The monoisotopic (exact) mass is 339 g/mol. The SMILES string of the molecule is CC(C)C(F)(COC(=O)Oc1ccc([N+](=O)[O-])cc1)C(F)(F)F. The fourth-order valence-electron chi connectivity index (χ4n) is 1.50. The van der Waals surface area contributed by atoms with Gasteiger partial charge in [0.15, 0.2) is 0 Å². The predicted molar refractivity (Wildman–Crippen MR) is 69.8 cm³/mol. The van der Waals surface area contributed by atoms with Gasteiger partial charge in [0, 0.05) is 12.1 Å². The quantitative estimate of drug-likeness (QED) is 0.266. The van der Waals surface area contributed by atoms with Crippen molar-refractivity contribution in [2.24, 2.45) is 5.92 Å². The molecule has 0 heterocycles. The standard InChI is InChI=1S/C13H13F4NO5/c1-8(2)12(14,13(15,16)17)7-22-11(19)23-10-5-3-9(4-6-10)18(20)21/h3-6,8H,7H2,1-2H3. The molecule has 10 heteroatoms. The van der Waals surface area contributed by atoms with E-state index in [1.54, 1.807) is 0 Å². The summed E-state index contributed by atoms with van der Waals surface area (Å²) in [7, 11) is 0. The molecule has 1 rings (SSSR count). The Morgan fingerprint density at radius 2 is 1.74 bits per heavy atom. The number of nitrogens with zero attached hydrogens (tertiary/aromatic N) is 1. The topological polar surface area (TPSA) is 78.7 Å². The number of alkyl halides is 4. The number of non-ortho nitro benzene ring substituents is 1. The maximum absolute atomic E-state index is 13.9. The molecule has 0 aliphatic rings. The van der Waals surface area contributed by atoms with Crippen LogP contribution in [-0.4, -0.2) is 29.5 Å². The first-order chi connectivity index (χ1) is 10.5. The van der Waals surface area contributed by atoms with E-state index in [4.69, 9.17) is 0 Å². The van der Waals surface area contributed by atoms with E-state index < -0.39 is 35.4 Å². The maximum Gasteiger partial charge on any atom is 0.513 e. The fourth-order valence-corrected chi connectivity index (χ4v) is 1.50. The Morgan fingerprint density at radius 1 is 1.22 bits per heavy atom. The molecule has 0 bridgehead atoms. The first-order valence-electron chi connectivity index (χ1n) is 6.32. The predicted octanol–water partition coefficient (Wildman–Crippen LogP) is 4.04. The average molecular weight is 339 g/mol. The van der Waals surface area contributed by atoms with E-state index in [-0.39, 0.29) is 11.4 Å². The first-order valence-corrected chi connectivity index (χ1v) is 6.32. The van der Waals surface area contributed by atoms with E-state index in [9.17, 15) is 32.5 Å². The lowest BCUT2D eigenvalue weighted by Gasteiger charge is -2.30. The molecule has 0 aromatic heterocycles. The minimum absolute atomic E-state index is 0.193. The van der Waals surface area contributed by atoms with Crippen molar-refractivity contribution in [1.82, 2.24) is 0 Å². The Kier molecular flexibility index (Phi) is 5.51. The molecule has 23 heavy (non-hydrogen) atoms. The van der Waals surface area contributed by atoms with Crippen LogP contribution in [0, 0.1) is 16.0 Å². The number of nitro benzene ring substituents is 1. The zero-order chi connectivity index (χ0) is 17.8. The second-order valence-electron chi connectivity index (χ2n) is 4.91. The van der Waals surface area contributed by atoms with Gasteiger partial charge in [-0.3, -0.25) is 10.1 Å². The number of rotatable bonds is 5. The number of carbonyl (C=O) groups is 1. The molecular formula is C13H13F4NO5. The summed E-state index contributed by atoms with van der Waals surface area (Å²) in [6.07, 6.45) is -6.76. The summed E-state index contributed by atoms with van der Waals surface area (Å²) >= 11 is 0. The van der Waals surface area contributed by atoms with Crippen molar-refractivity contribution in [3.8, 4) is 5.75 Å². The van der Waals surface area contributed by atoms with Gasteiger partial charge in [0.1, 0.15) is 12.4 Å². The number of ether oxygens (including phenoxy) is 2. The summed E-state index contributed by atoms with van der Waals surface area (Å²) < 4.78 is 60.7. The van der Waals surface area contributed by atoms with E-state index in [1.807, 2.05) is 0 Å². The Balaban J connectivity index is 2.68. The Labute approximate surface area is 128 Å². The first kappa shape index (κ1) is 18.7. The molecule has 128 valence electrons. The van der Waals surface area contributed by atoms with Gasteiger partial charge in [-0.2, -0.15) is 13.2 Å². The molecule has 0 saturated carbocycles. The lowest BCUT2D eigenvalue weighted by atomic mass is 9.92. The molecule has 0 aliphatic heterocycles. The molecule has 0 fully saturated rings. The van der Waals surface area contributed by atoms with E-state index >= 15 is 0 Å². The normalized spacial score (nSPS) is 14.2.